The number of pyridine rings is 3. The molecule has 0 aliphatic rings. The number of nitrogens with zero attached hydrogens (tertiary/aromatic N) is 3. The van der Waals surface area contributed by atoms with Crippen molar-refractivity contribution in [2.45, 2.75) is 6.54 Å². The maximum absolute atomic E-state index is 12.2. The molecular formula is C19H13N3O3S. The summed E-state index contributed by atoms with van der Waals surface area (Å²) in [5.74, 6) is -1.22. The first kappa shape index (κ1) is 16.2. The van der Waals surface area contributed by atoms with E-state index in [-0.39, 0.29) is 5.56 Å². The molecular weight excluding hydrogens is 350 g/mol. The number of fused-ring (bicyclic) bond motifs is 1. The van der Waals surface area contributed by atoms with Gasteiger partial charge in [0.05, 0.1) is 22.5 Å². The molecule has 4 aromatic heterocycles. The van der Waals surface area contributed by atoms with Crippen molar-refractivity contribution in [1.82, 2.24) is 14.5 Å². The van der Waals surface area contributed by atoms with Gasteiger partial charge in [0.15, 0.2) is 0 Å². The predicted octanol–water partition coefficient (Wildman–Crippen LogP) is 3.27. The number of aromatic nitrogens is 3. The SMILES string of the molecule is O=C(O)c1cn(Cc2ccc(-c3cccnc3)cn2)c2ccsc2c1=O. The fourth-order valence-corrected chi connectivity index (χ4v) is 3.64. The molecule has 6 nitrogen and oxygen atoms in total. The lowest BCUT2D eigenvalue weighted by molar-refractivity contribution is 0.0695. The molecule has 0 saturated heterocycles. The number of hydrogen-bond acceptors (Lipinski definition) is 5. The number of rotatable bonds is 4. The van der Waals surface area contributed by atoms with Crippen LogP contribution in [0.4, 0.5) is 0 Å². The molecule has 7 heteroatoms. The van der Waals surface area contributed by atoms with E-state index < -0.39 is 11.4 Å². The number of thiophene rings is 1. The van der Waals surface area contributed by atoms with Gasteiger partial charge in [-0.2, -0.15) is 0 Å². The quantitative estimate of drug-likeness (QED) is 0.601. The largest absolute Gasteiger partial charge is 0.477 e. The summed E-state index contributed by atoms with van der Waals surface area (Å²) >= 11 is 1.25. The standard InChI is InChI=1S/C19H13N3O3S/c23-17-15(19(24)25)11-22(16-5-7-26-18(16)17)10-14-4-3-13(9-21-14)12-2-1-6-20-8-12/h1-9,11H,10H2,(H,24,25). The average Bonchev–Trinajstić information content (AvgIpc) is 3.16. The Morgan fingerprint density at radius 3 is 2.69 bits per heavy atom. The van der Waals surface area contributed by atoms with Gasteiger partial charge in [-0.15, -0.1) is 11.3 Å². The van der Waals surface area contributed by atoms with Crippen LogP contribution in [0.25, 0.3) is 21.3 Å². The minimum atomic E-state index is -1.22. The van der Waals surface area contributed by atoms with Gasteiger partial charge in [0.1, 0.15) is 5.56 Å². The third-order valence-electron chi connectivity index (χ3n) is 4.07. The summed E-state index contributed by atoms with van der Waals surface area (Å²) < 4.78 is 2.19. The minimum Gasteiger partial charge on any atom is -0.477 e. The molecule has 0 unspecified atom stereocenters. The topological polar surface area (TPSA) is 85.1 Å². The Morgan fingerprint density at radius 2 is 2.00 bits per heavy atom. The third-order valence-corrected chi connectivity index (χ3v) is 4.97. The first-order valence-corrected chi connectivity index (χ1v) is 8.71. The van der Waals surface area contributed by atoms with E-state index in [1.807, 2.05) is 30.3 Å². The van der Waals surface area contributed by atoms with Crippen molar-refractivity contribution in [2.24, 2.45) is 0 Å². The molecule has 0 atom stereocenters. The lowest BCUT2D eigenvalue weighted by atomic mass is 10.1. The molecule has 26 heavy (non-hydrogen) atoms. The van der Waals surface area contributed by atoms with Gasteiger partial charge in [-0.1, -0.05) is 12.1 Å². The van der Waals surface area contributed by atoms with E-state index in [1.54, 1.807) is 28.5 Å². The van der Waals surface area contributed by atoms with Crippen molar-refractivity contribution < 1.29 is 9.90 Å². The number of carbonyl (C=O) groups is 1. The molecule has 0 amide bonds. The molecule has 0 bridgehead atoms. The Morgan fingerprint density at radius 1 is 1.15 bits per heavy atom. The van der Waals surface area contributed by atoms with E-state index in [9.17, 15) is 14.7 Å². The van der Waals surface area contributed by atoms with Gasteiger partial charge in [-0.05, 0) is 23.6 Å². The van der Waals surface area contributed by atoms with E-state index in [0.717, 1.165) is 16.8 Å². The summed E-state index contributed by atoms with van der Waals surface area (Å²) in [7, 11) is 0. The number of carboxylic acids is 1. The van der Waals surface area contributed by atoms with Crippen molar-refractivity contribution in [2.75, 3.05) is 0 Å². The highest BCUT2D eigenvalue weighted by atomic mass is 32.1. The Hall–Kier alpha value is -3.32. The Balaban J connectivity index is 1.71. The van der Waals surface area contributed by atoms with Crippen LogP contribution < -0.4 is 5.43 Å². The lowest BCUT2D eigenvalue weighted by Gasteiger charge is -2.10. The van der Waals surface area contributed by atoms with Crippen LogP contribution in [0.1, 0.15) is 16.1 Å². The van der Waals surface area contributed by atoms with Crippen LogP contribution in [0.15, 0.2) is 65.3 Å². The molecule has 4 rings (SSSR count). The molecule has 0 fully saturated rings. The Kier molecular flexibility index (Phi) is 4.06. The summed E-state index contributed by atoms with van der Waals surface area (Å²) in [5.41, 5.74) is 2.73. The third kappa shape index (κ3) is 2.89. The first-order chi connectivity index (χ1) is 12.6. The van der Waals surface area contributed by atoms with Gasteiger partial charge in [0, 0.05) is 35.9 Å². The van der Waals surface area contributed by atoms with E-state index in [2.05, 4.69) is 9.97 Å². The maximum atomic E-state index is 12.2. The van der Waals surface area contributed by atoms with E-state index in [4.69, 9.17) is 0 Å². The molecule has 0 radical (unpaired) electrons. The second-order valence-corrected chi connectivity index (χ2v) is 6.64. The first-order valence-electron chi connectivity index (χ1n) is 7.83. The second kappa shape index (κ2) is 6.53. The zero-order valence-electron chi connectivity index (χ0n) is 13.5. The Labute approximate surface area is 152 Å². The number of aromatic carboxylic acids is 1. The van der Waals surface area contributed by atoms with Gasteiger partial charge >= 0.3 is 5.97 Å². The van der Waals surface area contributed by atoms with Crippen molar-refractivity contribution in [3.63, 3.8) is 0 Å². The van der Waals surface area contributed by atoms with Gasteiger partial charge in [0.2, 0.25) is 5.43 Å². The highest BCUT2D eigenvalue weighted by molar-refractivity contribution is 7.17. The summed E-state index contributed by atoms with van der Waals surface area (Å²) in [6, 6.07) is 9.48. The molecule has 0 aliphatic heterocycles. The Bertz CT molecular complexity index is 1150. The monoisotopic (exact) mass is 363 g/mol. The van der Waals surface area contributed by atoms with Crippen LogP contribution in [0, 0.1) is 0 Å². The van der Waals surface area contributed by atoms with E-state index in [1.165, 1.54) is 17.5 Å². The van der Waals surface area contributed by atoms with Crippen LogP contribution in [0.3, 0.4) is 0 Å². The fraction of sp³-hybridized carbons (Fsp3) is 0.0526. The van der Waals surface area contributed by atoms with Crippen LogP contribution in [-0.4, -0.2) is 25.6 Å². The smallest absolute Gasteiger partial charge is 0.341 e. The molecule has 0 aliphatic carbocycles. The molecule has 0 spiro atoms. The van der Waals surface area contributed by atoms with E-state index >= 15 is 0 Å². The summed E-state index contributed by atoms with van der Waals surface area (Å²) in [6.45, 7) is 0.376. The zero-order chi connectivity index (χ0) is 18.1. The molecule has 4 heterocycles. The molecule has 0 saturated carbocycles. The number of carboxylic acid groups (broad SMARTS) is 1. The van der Waals surface area contributed by atoms with Crippen molar-refractivity contribution in [1.29, 1.82) is 0 Å². The normalized spacial score (nSPS) is 10.9. The van der Waals surface area contributed by atoms with Crippen LogP contribution in [0.2, 0.25) is 0 Å². The van der Waals surface area contributed by atoms with E-state index in [0.29, 0.717) is 16.8 Å². The zero-order valence-corrected chi connectivity index (χ0v) is 14.3. The van der Waals surface area contributed by atoms with Crippen molar-refractivity contribution >= 4 is 27.5 Å². The van der Waals surface area contributed by atoms with Crippen LogP contribution in [-0.2, 0) is 6.54 Å². The van der Waals surface area contributed by atoms with Crippen molar-refractivity contribution in [3.8, 4) is 11.1 Å². The summed E-state index contributed by atoms with van der Waals surface area (Å²) in [4.78, 5) is 32.2. The second-order valence-electron chi connectivity index (χ2n) is 5.72. The molecule has 1 N–H and O–H groups in total. The minimum absolute atomic E-state index is 0.230. The van der Waals surface area contributed by atoms with Crippen molar-refractivity contribution in [3.05, 3.63) is 82.0 Å². The summed E-state index contributed by atoms with van der Waals surface area (Å²) in [6.07, 6.45) is 6.63. The maximum Gasteiger partial charge on any atom is 0.341 e. The highest BCUT2D eigenvalue weighted by Gasteiger charge is 2.15. The van der Waals surface area contributed by atoms with Gasteiger partial charge < -0.3 is 9.67 Å². The molecule has 0 aromatic carbocycles. The molecule has 4 aromatic rings. The highest BCUT2D eigenvalue weighted by Crippen LogP contribution is 2.20. The predicted molar refractivity (Wildman–Crippen MR) is 99.6 cm³/mol. The lowest BCUT2D eigenvalue weighted by Crippen LogP contribution is -2.18. The van der Waals surface area contributed by atoms with Gasteiger partial charge in [-0.25, -0.2) is 4.79 Å². The number of hydrogen-bond donors (Lipinski definition) is 1. The summed E-state index contributed by atoms with van der Waals surface area (Å²) in [5, 5.41) is 11.1. The van der Waals surface area contributed by atoms with Crippen LogP contribution >= 0.6 is 11.3 Å². The van der Waals surface area contributed by atoms with Gasteiger partial charge in [-0.3, -0.25) is 14.8 Å². The molecule has 128 valence electrons. The average molecular weight is 363 g/mol. The van der Waals surface area contributed by atoms with Gasteiger partial charge in [0.25, 0.3) is 0 Å². The van der Waals surface area contributed by atoms with Crippen LogP contribution in [0.5, 0.6) is 0 Å². The fourth-order valence-electron chi connectivity index (χ4n) is 2.78.